The van der Waals surface area contributed by atoms with Crippen molar-refractivity contribution in [2.45, 2.75) is 39.2 Å². The number of aliphatic hydroxyl groups is 1. The van der Waals surface area contributed by atoms with Crippen LogP contribution in [0.3, 0.4) is 0 Å². The third-order valence-electron chi connectivity index (χ3n) is 7.20. The summed E-state index contributed by atoms with van der Waals surface area (Å²) < 4.78 is 16.6. The van der Waals surface area contributed by atoms with Gasteiger partial charge in [-0.3, -0.25) is 14.5 Å². The Balaban J connectivity index is 1.68. The van der Waals surface area contributed by atoms with Gasteiger partial charge in [0.1, 0.15) is 17.3 Å². The molecule has 8 nitrogen and oxygen atoms in total. The third-order valence-corrected chi connectivity index (χ3v) is 7.20. The van der Waals surface area contributed by atoms with E-state index >= 15 is 0 Å². The van der Waals surface area contributed by atoms with Crippen molar-refractivity contribution in [2.24, 2.45) is 0 Å². The van der Waals surface area contributed by atoms with Crippen molar-refractivity contribution in [3.05, 3.63) is 64.7 Å². The van der Waals surface area contributed by atoms with Gasteiger partial charge in [-0.25, -0.2) is 0 Å². The number of benzene rings is 2. The number of hydrogen-bond acceptors (Lipinski definition) is 7. The number of Topliss-reactive ketones (excluding diaryl/α,β-unsaturated/α-hetero) is 1. The summed E-state index contributed by atoms with van der Waals surface area (Å²) in [7, 11) is 1.57. The van der Waals surface area contributed by atoms with E-state index in [1.165, 1.54) is 0 Å². The minimum absolute atomic E-state index is 0.0989. The lowest BCUT2D eigenvalue weighted by molar-refractivity contribution is -0.140. The molecule has 1 atom stereocenters. The van der Waals surface area contributed by atoms with E-state index in [1.54, 1.807) is 30.2 Å². The molecule has 38 heavy (non-hydrogen) atoms. The maximum atomic E-state index is 13.4. The molecule has 0 radical (unpaired) electrons. The highest BCUT2D eigenvalue weighted by Crippen LogP contribution is 2.40. The molecule has 8 heteroatoms. The molecule has 0 aliphatic carbocycles. The summed E-state index contributed by atoms with van der Waals surface area (Å²) in [6.45, 7) is 8.48. The number of methoxy groups -OCH3 is 1. The van der Waals surface area contributed by atoms with E-state index in [9.17, 15) is 14.7 Å². The first-order chi connectivity index (χ1) is 18.4. The van der Waals surface area contributed by atoms with Crippen LogP contribution in [-0.4, -0.2) is 79.7 Å². The Kier molecular flexibility index (Phi) is 9.42. The minimum Gasteiger partial charge on any atom is -0.507 e. The molecule has 0 aromatic heterocycles. The van der Waals surface area contributed by atoms with Crippen molar-refractivity contribution < 1.29 is 28.9 Å². The van der Waals surface area contributed by atoms with Crippen LogP contribution in [0.4, 0.5) is 0 Å². The number of hydrogen-bond donors (Lipinski definition) is 1. The zero-order valence-corrected chi connectivity index (χ0v) is 22.6. The molecular formula is C30H38N2O6. The van der Waals surface area contributed by atoms with Crippen LogP contribution < -0.4 is 9.47 Å². The molecular weight excluding hydrogens is 484 g/mol. The first-order valence-corrected chi connectivity index (χ1v) is 13.4. The molecule has 0 saturated carbocycles. The maximum absolute atomic E-state index is 13.4. The topological polar surface area (TPSA) is 88.5 Å². The maximum Gasteiger partial charge on any atom is 0.295 e. The van der Waals surface area contributed by atoms with Crippen LogP contribution in [0, 0.1) is 6.92 Å². The Bertz CT molecular complexity index is 1150. The average molecular weight is 523 g/mol. The Hall–Kier alpha value is -3.36. The van der Waals surface area contributed by atoms with Crippen molar-refractivity contribution in [1.82, 2.24) is 9.80 Å². The summed E-state index contributed by atoms with van der Waals surface area (Å²) >= 11 is 0. The number of morpholine rings is 1. The number of likely N-dealkylation sites (tertiary alicyclic amines) is 1. The smallest absolute Gasteiger partial charge is 0.295 e. The lowest BCUT2D eigenvalue weighted by atomic mass is 9.94. The number of ketones is 1. The average Bonchev–Trinajstić information content (AvgIpc) is 3.19. The molecule has 204 valence electrons. The molecule has 0 bridgehead atoms. The summed E-state index contributed by atoms with van der Waals surface area (Å²) in [4.78, 5) is 30.5. The second-order valence-corrected chi connectivity index (χ2v) is 9.75. The van der Waals surface area contributed by atoms with Gasteiger partial charge in [0, 0.05) is 31.7 Å². The molecule has 2 aromatic carbocycles. The Morgan fingerprint density at radius 1 is 1.03 bits per heavy atom. The highest BCUT2D eigenvalue weighted by Gasteiger charge is 2.46. The fraction of sp³-hybridized carbons (Fsp3) is 0.467. The number of carbonyl (C=O) groups excluding carboxylic acids is 2. The highest BCUT2D eigenvalue weighted by atomic mass is 16.5. The normalized spacial score (nSPS) is 19.7. The lowest BCUT2D eigenvalue weighted by Gasteiger charge is -2.31. The van der Waals surface area contributed by atoms with E-state index in [-0.39, 0.29) is 11.3 Å². The number of nitrogens with zero attached hydrogens (tertiary/aromatic N) is 2. The third kappa shape index (κ3) is 6.19. The molecule has 1 amide bonds. The van der Waals surface area contributed by atoms with E-state index < -0.39 is 17.7 Å². The van der Waals surface area contributed by atoms with Crippen LogP contribution in [0.1, 0.15) is 48.9 Å². The molecule has 1 unspecified atom stereocenters. The standard InChI is InChI=1S/C30H38N2O6/c1-4-5-6-17-38-23-9-7-22(8-10-23)27-26(28(33)25-12-11-24(36-3)20-21(25)2)29(34)30(35)32(27)14-13-31-15-18-37-19-16-31/h7-12,20,27,33H,4-6,13-19H2,1-3H3. The van der Waals surface area contributed by atoms with Crippen LogP contribution in [0.5, 0.6) is 11.5 Å². The number of unbranched alkanes of at least 4 members (excludes halogenated alkanes) is 2. The van der Waals surface area contributed by atoms with Crippen molar-refractivity contribution >= 4 is 17.4 Å². The first kappa shape index (κ1) is 27.7. The van der Waals surface area contributed by atoms with Crippen LogP contribution in [0.25, 0.3) is 5.76 Å². The predicted octanol–water partition coefficient (Wildman–Crippen LogP) is 4.33. The van der Waals surface area contributed by atoms with Crippen LogP contribution >= 0.6 is 0 Å². The van der Waals surface area contributed by atoms with Crippen LogP contribution in [-0.2, 0) is 14.3 Å². The Morgan fingerprint density at radius 2 is 1.74 bits per heavy atom. The quantitative estimate of drug-likeness (QED) is 0.203. The van der Waals surface area contributed by atoms with E-state index in [1.807, 2.05) is 31.2 Å². The molecule has 2 aliphatic rings. The molecule has 2 aromatic rings. The summed E-state index contributed by atoms with van der Waals surface area (Å²) in [5.41, 5.74) is 2.09. The minimum atomic E-state index is -0.702. The predicted molar refractivity (Wildman–Crippen MR) is 145 cm³/mol. The second kappa shape index (κ2) is 12.9. The summed E-state index contributed by atoms with van der Waals surface area (Å²) in [6, 6.07) is 12.0. The van der Waals surface area contributed by atoms with Gasteiger partial charge >= 0.3 is 0 Å². The molecule has 0 spiro atoms. The largest absolute Gasteiger partial charge is 0.507 e. The van der Waals surface area contributed by atoms with E-state index in [0.29, 0.717) is 44.2 Å². The van der Waals surface area contributed by atoms with Gasteiger partial charge in [-0.1, -0.05) is 31.9 Å². The number of rotatable bonds is 11. The lowest BCUT2D eigenvalue weighted by Crippen LogP contribution is -2.42. The SMILES string of the molecule is CCCCCOc1ccc(C2C(=C(O)c3ccc(OC)cc3C)C(=O)C(=O)N2CCN2CCOCC2)cc1. The van der Waals surface area contributed by atoms with Gasteiger partial charge < -0.3 is 24.2 Å². The number of aliphatic hydroxyl groups excluding tert-OH is 1. The Morgan fingerprint density at radius 3 is 2.39 bits per heavy atom. The number of amides is 1. The number of ether oxygens (including phenoxy) is 3. The summed E-state index contributed by atoms with van der Waals surface area (Å²) in [6.07, 6.45) is 3.22. The molecule has 4 rings (SSSR count). The van der Waals surface area contributed by atoms with Crippen molar-refractivity contribution in [3.63, 3.8) is 0 Å². The van der Waals surface area contributed by atoms with Gasteiger partial charge in [-0.15, -0.1) is 0 Å². The van der Waals surface area contributed by atoms with Crippen molar-refractivity contribution in [2.75, 3.05) is 53.1 Å². The van der Waals surface area contributed by atoms with Gasteiger partial charge in [0.25, 0.3) is 11.7 Å². The van der Waals surface area contributed by atoms with Crippen molar-refractivity contribution in [1.29, 1.82) is 0 Å². The van der Waals surface area contributed by atoms with Crippen molar-refractivity contribution in [3.8, 4) is 11.5 Å². The number of carbonyl (C=O) groups is 2. The molecule has 2 aliphatic heterocycles. The highest BCUT2D eigenvalue weighted by molar-refractivity contribution is 6.46. The van der Waals surface area contributed by atoms with Crippen LogP contribution in [0.2, 0.25) is 0 Å². The van der Waals surface area contributed by atoms with E-state index in [4.69, 9.17) is 14.2 Å². The summed E-state index contributed by atoms with van der Waals surface area (Å²) in [5, 5.41) is 11.4. The number of aryl methyl sites for hydroxylation is 1. The van der Waals surface area contributed by atoms with E-state index in [0.717, 1.165) is 49.2 Å². The van der Waals surface area contributed by atoms with Gasteiger partial charge in [0.15, 0.2) is 0 Å². The first-order valence-electron chi connectivity index (χ1n) is 13.4. The zero-order valence-electron chi connectivity index (χ0n) is 22.6. The van der Waals surface area contributed by atoms with Gasteiger partial charge in [0.05, 0.1) is 38.5 Å². The zero-order chi connectivity index (χ0) is 27.1. The van der Waals surface area contributed by atoms with E-state index in [2.05, 4.69) is 11.8 Å². The monoisotopic (exact) mass is 522 g/mol. The molecule has 2 fully saturated rings. The van der Waals surface area contributed by atoms with Gasteiger partial charge in [0.2, 0.25) is 0 Å². The Labute approximate surface area is 224 Å². The molecule has 2 saturated heterocycles. The van der Waals surface area contributed by atoms with Crippen LogP contribution in [0.15, 0.2) is 48.0 Å². The van der Waals surface area contributed by atoms with Gasteiger partial charge in [-0.05, 0) is 54.8 Å². The molecule has 2 heterocycles. The summed E-state index contributed by atoms with van der Waals surface area (Å²) in [5.74, 6) is -0.0695. The molecule has 1 N–H and O–H groups in total. The second-order valence-electron chi connectivity index (χ2n) is 9.75. The fourth-order valence-electron chi connectivity index (χ4n) is 4.99. The van der Waals surface area contributed by atoms with Gasteiger partial charge in [-0.2, -0.15) is 0 Å². The fourth-order valence-corrected chi connectivity index (χ4v) is 4.99.